The Morgan fingerprint density at radius 1 is 1.30 bits per heavy atom. The summed E-state index contributed by atoms with van der Waals surface area (Å²) in [5.41, 5.74) is 0.669. The summed E-state index contributed by atoms with van der Waals surface area (Å²) in [6.45, 7) is 6.21. The topological polar surface area (TPSA) is 51.2 Å². The van der Waals surface area contributed by atoms with E-state index >= 15 is 0 Å². The van der Waals surface area contributed by atoms with Crippen LogP contribution in [0.25, 0.3) is 0 Å². The van der Waals surface area contributed by atoms with Crippen LogP contribution in [0, 0.1) is 5.41 Å². The monoisotopic (exact) mass is 290 g/mol. The maximum Gasteiger partial charge on any atom is 0.278 e. The van der Waals surface area contributed by atoms with Crippen LogP contribution in [-0.4, -0.2) is 10.9 Å². The van der Waals surface area contributed by atoms with Gasteiger partial charge < -0.3 is 10.1 Å². The first-order valence-corrected chi connectivity index (χ1v) is 7.28. The second-order valence-corrected chi connectivity index (χ2v) is 6.33. The second kappa shape index (κ2) is 6.05. The summed E-state index contributed by atoms with van der Waals surface area (Å²) >= 11 is 1.45. The number of amides is 1. The molecule has 0 bridgehead atoms. The van der Waals surface area contributed by atoms with Gasteiger partial charge in [0.2, 0.25) is 5.91 Å². The van der Waals surface area contributed by atoms with Gasteiger partial charge in [-0.3, -0.25) is 4.79 Å². The standard InChI is InChI=1S/C15H18N2O2S/c1-15(2,3)13(18)17-10-11-4-6-12(7-5-11)19-14-16-8-9-20-14/h4-9H,10H2,1-3H3,(H,17,18). The SMILES string of the molecule is CC(C)(C)C(=O)NCc1ccc(Oc2nccs2)cc1. The number of carbonyl (C=O) groups excluding carboxylic acids is 1. The highest BCUT2D eigenvalue weighted by molar-refractivity contribution is 7.11. The van der Waals surface area contributed by atoms with Crippen LogP contribution in [0.4, 0.5) is 0 Å². The van der Waals surface area contributed by atoms with Crippen molar-refractivity contribution in [1.29, 1.82) is 0 Å². The average molecular weight is 290 g/mol. The summed E-state index contributed by atoms with van der Waals surface area (Å²) in [6, 6.07) is 7.62. The van der Waals surface area contributed by atoms with Crippen molar-refractivity contribution in [3.8, 4) is 10.9 Å². The number of ether oxygens (including phenoxy) is 1. The zero-order valence-corrected chi connectivity index (χ0v) is 12.7. The molecule has 1 aromatic heterocycles. The molecular formula is C15H18N2O2S. The molecule has 0 aliphatic rings. The largest absolute Gasteiger partial charge is 0.431 e. The van der Waals surface area contributed by atoms with Crippen LogP contribution in [0.1, 0.15) is 26.3 Å². The third-order valence-corrected chi connectivity index (χ3v) is 3.32. The Labute approximate surface area is 122 Å². The minimum atomic E-state index is -0.367. The van der Waals surface area contributed by atoms with Crippen molar-refractivity contribution >= 4 is 17.2 Å². The number of nitrogens with one attached hydrogen (secondary N) is 1. The predicted octanol–water partition coefficient (Wildman–Crippen LogP) is 3.60. The second-order valence-electron chi connectivity index (χ2n) is 5.48. The Balaban J connectivity index is 1.90. The van der Waals surface area contributed by atoms with Gasteiger partial charge >= 0.3 is 0 Å². The molecule has 1 N–H and O–H groups in total. The average Bonchev–Trinajstić information content (AvgIpc) is 2.89. The minimum absolute atomic E-state index is 0.0422. The quantitative estimate of drug-likeness (QED) is 0.936. The molecule has 0 aliphatic carbocycles. The fourth-order valence-electron chi connectivity index (χ4n) is 1.48. The number of rotatable bonds is 4. The van der Waals surface area contributed by atoms with E-state index < -0.39 is 0 Å². The van der Waals surface area contributed by atoms with E-state index in [1.807, 2.05) is 50.4 Å². The smallest absolute Gasteiger partial charge is 0.278 e. The molecule has 0 saturated heterocycles. The summed E-state index contributed by atoms with van der Waals surface area (Å²) in [6.07, 6.45) is 1.70. The molecule has 0 fully saturated rings. The number of thiazole rings is 1. The van der Waals surface area contributed by atoms with Crippen LogP contribution in [0.3, 0.4) is 0 Å². The summed E-state index contributed by atoms with van der Waals surface area (Å²) < 4.78 is 5.57. The molecule has 0 spiro atoms. The lowest BCUT2D eigenvalue weighted by Crippen LogP contribution is -2.34. The van der Waals surface area contributed by atoms with E-state index in [1.54, 1.807) is 6.20 Å². The molecular weight excluding hydrogens is 272 g/mol. The van der Waals surface area contributed by atoms with Crippen molar-refractivity contribution < 1.29 is 9.53 Å². The van der Waals surface area contributed by atoms with Crippen molar-refractivity contribution in [1.82, 2.24) is 10.3 Å². The molecule has 2 rings (SSSR count). The fraction of sp³-hybridized carbons (Fsp3) is 0.333. The Morgan fingerprint density at radius 2 is 2.00 bits per heavy atom. The van der Waals surface area contributed by atoms with Crippen molar-refractivity contribution in [3.63, 3.8) is 0 Å². The van der Waals surface area contributed by atoms with E-state index in [2.05, 4.69) is 10.3 Å². The van der Waals surface area contributed by atoms with Crippen LogP contribution in [-0.2, 0) is 11.3 Å². The summed E-state index contributed by atoms with van der Waals surface area (Å²) in [5, 5.41) is 5.40. The Kier molecular flexibility index (Phi) is 4.39. The fourth-order valence-corrected chi connectivity index (χ4v) is 1.99. The van der Waals surface area contributed by atoms with Crippen LogP contribution in [0.15, 0.2) is 35.8 Å². The Hall–Kier alpha value is -1.88. The molecule has 2 aromatic rings. The van der Waals surface area contributed by atoms with Crippen molar-refractivity contribution in [2.45, 2.75) is 27.3 Å². The van der Waals surface area contributed by atoms with Crippen LogP contribution < -0.4 is 10.1 Å². The molecule has 5 heteroatoms. The van der Waals surface area contributed by atoms with Gasteiger partial charge in [0.1, 0.15) is 5.75 Å². The van der Waals surface area contributed by atoms with Gasteiger partial charge in [0.05, 0.1) is 0 Å². The molecule has 0 atom stereocenters. The van der Waals surface area contributed by atoms with E-state index in [0.717, 1.165) is 11.3 Å². The van der Waals surface area contributed by atoms with Gasteiger partial charge in [-0.05, 0) is 17.7 Å². The van der Waals surface area contributed by atoms with Crippen molar-refractivity contribution in [3.05, 3.63) is 41.4 Å². The summed E-state index contributed by atoms with van der Waals surface area (Å²) in [4.78, 5) is 15.8. The Morgan fingerprint density at radius 3 is 2.55 bits per heavy atom. The molecule has 0 radical (unpaired) electrons. The number of carbonyl (C=O) groups is 1. The highest BCUT2D eigenvalue weighted by Gasteiger charge is 2.20. The molecule has 0 saturated carbocycles. The van der Waals surface area contributed by atoms with E-state index in [1.165, 1.54) is 11.3 Å². The molecule has 0 unspecified atom stereocenters. The summed E-state index contributed by atoms with van der Waals surface area (Å²) in [5.74, 6) is 0.784. The van der Waals surface area contributed by atoms with Crippen molar-refractivity contribution in [2.24, 2.45) is 5.41 Å². The number of hydrogen-bond donors (Lipinski definition) is 1. The predicted molar refractivity (Wildman–Crippen MR) is 79.9 cm³/mol. The van der Waals surface area contributed by atoms with E-state index in [-0.39, 0.29) is 11.3 Å². The lowest BCUT2D eigenvalue weighted by molar-refractivity contribution is -0.128. The highest BCUT2D eigenvalue weighted by Crippen LogP contribution is 2.23. The van der Waals surface area contributed by atoms with E-state index in [0.29, 0.717) is 11.7 Å². The van der Waals surface area contributed by atoms with Crippen LogP contribution in [0.5, 0.6) is 10.9 Å². The van der Waals surface area contributed by atoms with Gasteiger partial charge in [-0.2, -0.15) is 0 Å². The Bertz CT molecular complexity index is 557. The van der Waals surface area contributed by atoms with Gasteiger partial charge in [-0.1, -0.05) is 44.2 Å². The maximum absolute atomic E-state index is 11.8. The van der Waals surface area contributed by atoms with Gasteiger partial charge in [0, 0.05) is 23.5 Å². The van der Waals surface area contributed by atoms with Gasteiger partial charge in [-0.25, -0.2) is 4.98 Å². The zero-order valence-electron chi connectivity index (χ0n) is 11.8. The minimum Gasteiger partial charge on any atom is -0.431 e. The first kappa shape index (κ1) is 14.5. The first-order valence-electron chi connectivity index (χ1n) is 6.40. The summed E-state index contributed by atoms with van der Waals surface area (Å²) in [7, 11) is 0. The van der Waals surface area contributed by atoms with Gasteiger partial charge in [0.25, 0.3) is 5.19 Å². The third-order valence-electron chi connectivity index (χ3n) is 2.67. The van der Waals surface area contributed by atoms with Crippen LogP contribution in [0.2, 0.25) is 0 Å². The highest BCUT2D eigenvalue weighted by atomic mass is 32.1. The first-order chi connectivity index (χ1) is 9.45. The van der Waals surface area contributed by atoms with E-state index in [4.69, 9.17) is 4.74 Å². The third kappa shape index (κ3) is 4.06. The number of aromatic nitrogens is 1. The molecule has 1 amide bonds. The number of benzene rings is 1. The maximum atomic E-state index is 11.8. The normalized spacial score (nSPS) is 11.2. The number of nitrogens with zero attached hydrogens (tertiary/aromatic N) is 1. The molecule has 20 heavy (non-hydrogen) atoms. The molecule has 1 aromatic carbocycles. The lowest BCUT2D eigenvalue weighted by Gasteiger charge is -2.17. The van der Waals surface area contributed by atoms with Crippen molar-refractivity contribution in [2.75, 3.05) is 0 Å². The molecule has 1 heterocycles. The number of hydrogen-bond acceptors (Lipinski definition) is 4. The molecule has 4 nitrogen and oxygen atoms in total. The van der Waals surface area contributed by atoms with Gasteiger partial charge in [-0.15, -0.1) is 0 Å². The lowest BCUT2D eigenvalue weighted by atomic mass is 9.95. The molecule has 106 valence electrons. The van der Waals surface area contributed by atoms with Crippen LogP contribution >= 0.6 is 11.3 Å². The zero-order chi connectivity index (χ0) is 14.6. The van der Waals surface area contributed by atoms with E-state index in [9.17, 15) is 4.79 Å². The van der Waals surface area contributed by atoms with Gasteiger partial charge in [0.15, 0.2) is 0 Å². The molecule has 0 aliphatic heterocycles.